The number of hydrogen-bond acceptors (Lipinski definition) is 3. The summed E-state index contributed by atoms with van der Waals surface area (Å²) in [6, 6.07) is 8.06. The van der Waals surface area contributed by atoms with Crippen LogP contribution in [0.4, 0.5) is 0 Å². The molecule has 0 bridgehead atoms. The van der Waals surface area contributed by atoms with Gasteiger partial charge in [0.15, 0.2) is 0 Å². The van der Waals surface area contributed by atoms with Crippen molar-refractivity contribution in [3.8, 4) is 0 Å². The smallest absolute Gasteiger partial charge is 0.316 e. The van der Waals surface area contributed by atoms with E-state index in [2.05, 4.69) is 0 Å². The summed E-state index contributed by atoms with van der Waals surface area (Å²) < 4.78 is 10.8. The van der Waals surface area contributed by atoms with Crippen molar-refractivity contribution in [3.05, 3.63) is 41.5 Å². The van der Waals surface area contributed by atoms with Crippen molar-refractivity contribution in [1.82, 2.24) is 0 Å². The normalized spacial score (nSPS) is 22.3. The molecule has 0 aromatic heterocycles. The summed E-state index contributed by atoms with van der Waals surface area (Å²) in [5, 5.41) is 0. The highest BCUT2D eigenvalue weighted by atomic mass is 16.5. The van der Waals surface area contributed by atoms with Gasteiger partial charge in [0.1, 0.15) is 17.8 Å². The van der Waals surface area contributed by atoms with E-state index < -0.39 is 0 Å². The summed E-state index contributed by atoms with van der Waals surface area (Å²) in [4.78, 5) is 11.7. The molecule has 0 N–H and O–H groups in total. The molecule has 2 unspecified atom stereocenters. The van der Waals surface area contributed by atoms with Gasteiger partial charge in [-0.25, -0.2) is 0 Å². The number of aryl methyl sites for hydroxylation is 1. The lowest BCUT2D eigenvalue weighted by Crippen LogP contribution is -2.23. The molecule has 0 radical (unpaired) electrons. The molecule has 3 nitrogen and oxygen atoms in total. The monoisotopic (exact) mass is 246 g/mol. The molecule has 0 spiro atoms. The molecule has 1 heterocycles. The number of carbonyl (C=O) groups excluding carboxylic acids is 1. The molecule has 18 heavy (non-hydrogen) atoms. The van der Waals surface area contributed by atoms with E-state index >= 15 is 0 Å². The average molecular weight is 246 g/mol. The van der Waals surface area contributed by atoms with Gasteiger partial charge in [-0.3, -0.25) is 4.79 Å². The standard InChI is InChI=1S/C15H18O3/c1-4-17-15(16)13-9-14(18-11(13)3)12-7-5-10(2)6-8-12/h5-9,11,13H,4H2,1-3H3. The molecule has 2 rings (SSSR count). The Morgan fingerprint density at radius 1 is 1.33 bits per heavy atom. The SMILES string of the molecule is CCOC(=O)C1C=C(c2ccc(C)cc2)OC1C. The average Bonchev–Trinajstić information content (AvgIpc) is 2.72. The van der Waals surface area contributed by atoms with Gasteiger partial charge < -0.3 is 9.47 Å². The molecule has 3 heteroatoms. The molecule has 1 aromatic rings. The van der Waals surface area contributed by atoms with Crippen molar-refractivity contribution in [3.63, 3.8) is 0 Å². The summed E-state index contributed by atoms with van der Waals surface area (Å²) >= 11 is 0. The Morgan fingerprint density at radius 3 is 2.61 bits per heavy atom. The lowest BCUT2D eigenvalue weighted by molar-refractivity contribution is -0.148. The molecule has 0 aliphatic carbocycles. The van der Waals surface area contributed by atoms with Gasteiger partial charge in [0, 0.05) is 5.56 Å². The molecule has 0 saturated heterocycles. The van der Waals surface area contributed by atoms with Crippen molar-refractivity contribution in [2.45, 2.75) is 26.9 Å². The molecule has 1 aliphatic rings. The number of benzene rings is 1. The zero-order valence-corrected chi connectivity index (χ0v) is 11.0. The minimum atomic E-state index is -0.304. The quantitative estimate of drug-likeness (QED) is 0.769. The molecule has 0 saturated carbocycles. The van der Waals surface area contributed by atoms with E-state index in [4.69, 9.17) is 9.47 Å². The van der Waals surface area contributed by atoms with E-state index in [0.717, 1.165) is 11.3 Å². The third kappa shape index (κ3) is 2.55. The van der Waals surface area contributed by atoms with Crippen LogP contribution >= 0.6 is 0 Å². The predicted molar refractivity (Wildman–Crippen MR) is 69.8 cm³/mol. The van der Waals surface area contributed by atoms with E-state index in [0.29, 0.717) is 6.61 Å². The van der Waals surface area contributed by atoms with Crippen LogP contribution in [0.3, 0.4) is 0 Å². The molecule has 0 fully saturated rings. The Morgan fingerprint density at radius 2 is 2.00 bits per heavy atom. The molecule has 2 atom stereocenters. The van der Waals surface area contributed by atoms with Crippen LogP contribution in [0.1, 0.15) is 25.0 Å². The van der Waals surface area contributed by atoms with Crippen LogP contribution in [0.2, 0.25) is 0 Å². The highest BCUT2D eigenvalue weighted by Gasteiger charge is 2.32. The van der Waals surface area contributed by atoms with Crippen LogP contribution in [0.15, 0.2) is 30.3 Å². The first kappa shape index (κ1) is 12.7. The maximum Gasteiger partial charge on any atom is 0.316 e. The van der Waals surface area contributed by atoms with Crippen molar-refractivity contribution in [1.29, 1.82) is 0 Å². The first-order valence-corrected chi connectivity index (χ1v) is 6.24. The van der Waals surface area contributed by atoms with Crippen molar-refractivity contribution < 1.29 is 14.3 Å². The van der Waals surface area contributed by atoms with Crippen LogP contribution in [-0.4, -0.2) is 18.7 Å². The summed E-state index contributed by atoms with van der Waals surface area (Å²) in [6.07, 6.45) is 1.69. The second-order valence-electron chi connectivity index (χ2n) is 4.50. The van der Waals surface area contributed by atoms with Gasteiger partial charge in [-0.05, 0) is 26.8 Å². The second kappa shape index (κ2) is 5.25. The Labute approximate surface area is 107 Å². The highest BCUT2D eigenvalue weighted by Crippen LogP contribution is 2.31. The first-order chi connectivity index (χ1) is 8.61. The van der Waals surface area contributed by atoms with Gasteiger partial charge in [-0.1, -0.05) is 29.8 Å². The lowest BCUT2D eigenvalue weighted by atomic mass is 10.0. The van der Waals surface area contributed by atoms with Crippen LogP contribution in [0.25, 0.3) is 5.76 Å². The van der Waals surface area contributed by atoms with E-state index in [1.165, 1.54) is 5.56 Å². The number of rotatable bonds is 3. The van der Waals surface area contributed by atoms with Crippen LogP contribution < -0.4 is 0 Å². The van der Waals surface area contributed by atoms with E-state index in [1.54, 1.807) is 0 Å². The third-order valence-corrected chi connectivity index (χ3v) is 3.04. The Kier molecular flexibility index (Phi) is 3.70. The number of hydrogen-bond donors (Lipinski definition) is 0. The summed E-state index contributed by atoms with van der Waals surface area (Å²) in [6.45, 7) is 6.13. The van der Waals surface area contributed by atoms with Crippen molar-refractivity contribution in [2.75, 3.05) is 6.61 Å². The molecule has 1 aliphatic heterocycles. The fraction of sp³-hybridized carbons (Fsp3) is 0.400. The zero-order chi connectivity index (χ0) is 13.1. The fourth-order valence-electron chi connectivity index (χ4n) is 1.99. The molecule has 96 valence electrons. The first-order valence-electron chi connectivity index (χ1n) is 6.24. The van der Waals surface area contributed by atoms with Crippen LogP contribution in [-0.2, 0) is 14.3 Å². The van der Waals surface area contributed by atoms with Crippen molar-refractivity contribution >= 4 is 11.7 Å². The predicted octanol–water partition coefficient (Wildman–Crippen LogP) is 2.93. The van der Waals surface area contributed by atoms with Crippen molar-refractivity contribution in [2.24, 2.45) is 5.92 Å². The topological polar surface area (TPSA) is 35.5 Å². The number of carbonyl (C=O) groups is 1. The third-order valence-electron chi connectivity index (χ3n) is 3.04. The van der Waals surface area contributed by atoms with Gasteiger partial charge in [0.25, 0.3) is 0 Å². The fourth-order valence-corrected chi connectivity index (χ4v) is 1.99. The van der Waals surface area contributed by atoms with E-state index in [9.17, 15) is 4.79 Å². The van der Waals surface area contributed by atoms with Crippen LogP contribution in [0.5, 0.6) is 0 Å². The lowest BCUT2D eigenvalue weighted by Gasteiger charge is -2.13. The second-order valence-corrected chi connectivity index (χ2v) is 4.50. The molecule has 0 amide bonds. The highest BCUT2D eigenvalue weighted by molar-refractivity contribution is 5.79. The summed E-state index contributed by atoms with van der Waals surface area (Å²) in [5.74, 6) is 0.244. The Balaban J connectivity index is 2.18. The Hall–Kier alpha value is -1.77. The maximum atomic E-state index is 11.7. The van der Waals surface area contributed by atoms with Gasteiger partial charge >= 0.3 is 5.97 Å². The minimum absolute atomic E-state index is 0.166. The summed E-state index contributed by atoms with van der Waals surface area (Å²) in [5.41, 5.74) is 2.20. The Bertz CT molecular complexity index is 459. The molecular formula is C15H18O3. The van der Waals surface area contributed by atoms with Gasteiger partial charge in [0.2, 0.25) is 0 Å². The van der Waals surface area contributed by atoms with Gasteiger partial charge in [0.05, 0.1) is 6.61 Å². The zero-order valence-electron chi connectivity index (χ0n) is 11.0. The largest absolute Gasteiger partial charge is 0.489 e. The molecular weight excluding hydrogens is 228 g/mol. The number of ether oxygens (including phenoxy) is 2. The van der Waals surface area contributed by atoms with Gasteiger partial charge in [-0.15, -0.1) is 0 Å². The maximum absolute atomic E-state index is 11.7. The van der Waals surface area contributed by atoms with Gasteiger partial charge in [-0.2, -0.15) is 0 Å². The van der Waals surface area contributed by atoms with E-state index in [1.807, 2.05) is 51.1 Å². The summed E-state index contributed by atoms with van der Waals surface area (Å²) in [7, 11) is 0. The van der Waals surface area contributed by atoms with E-state index in [-0.39, 0.29) is 18.0 Å². The number of esters is 1. The minimum Gasteiger partial charge on any atom is -0.489 e. The van der Waals surface area contributed by atoms with Crippen LogP contribution in [0, 0.1) is 12.8 Å². The molecule has 1 aromatic carbocycles.